The highest BCUT2D eigenvalue weighted by Crippen LogP contribution is 2.35. The SMILES string of the molecule is Cc1ccc(C2=C(Nc3ccc(F)cc3)C(=O)N(c3ccc(F)cc3F)C2=O)cc1. The normalized spacial score (nSPS) is 13.9. The zero-order chi connectivity index (χ0) is 21.4. The highest BCUT2D eigenvalue weighted by molar-refractivity contribution is 6.46. The van der Waals surface area contributed by atoms with Gasteiger partial charge in [-0.1, -0.05) is 29.8 Å². The molecule has 0 spiro atoms. The summed E-state index contributed by atoms with van der Waals surface area (Å²) in [6.45, 7) is 1.87. The van der Waals surface area contributed by atoms with Crippen molar-refractivity contribution >= 4 is 28.8 Å². The van der Waals surface area contributed by atoms with Crippen molar-refractivity contribution in [3.63, 3.8) is 0 Å². The number of hydrogen-bond acceptors (Lipinski definition) is 3. The minimum atomic E-state index is -1.04. The van der Waals surface area contributed by atoms with Crippen LogP contribution in [0.5, 0.6) is 0 Å². The molecule has 0 atom stereocenters. The van der Waals surface area contributed by atoms with Gasteiger partial charge in [-0.3, -0.25) is 9.59 Å². The predicted molar refractivity (Wildman–Crippen MR) is 107 cm³/mol. The summed E-state index contributed by atoms with van der Waals surface area (Å²) in [7, 11) is 0. The van der Waals surface area contributed by atoms with Gasteiger partial charge in [0.1, 0.15) is 23.1 Å². The van der Waals surface area contributed by atoms with Crippen molar-refractivity contribution in [1.82, 2.24) is 0 Å². The number of hydrogen-bond donors (Lipinski definition) is 1. The number of carbonyl (C=O) groups excluding carboxylic acids is 2. The van der Waals surface area contributed by atoms with Gasteiger partial charge in [0.05, 0.1) is 11.3 Å². The quantitative estimate of drug-likeness (QED) is 0.631. The van der Waals surface area contributed by atoms with E-state index in [0.717, 1.165) is 17.7 Å². The Labute approximate surface area is 170 Å². The Kier molecular flexibility index (Phi) is 4.87. The molecular formula is C23H15F3N2O2. The number of benzene rings is 3. The highest BCUT2D eigenvalue weighted by Gasteiger charge is 2.41. The Balaban J connectivity index is 1.83. The molecule has 30 heavy (non-hydrogen) atoms. The van der Waals surface area contributed by atoms with E-state index in [0.29, 0.717) is 22.2 Å². The van der Waals surface area contributed by atoms with E-state index >= 15 is 0 Å². The smallest absolute Gasteiger partial charge is 0.282 e. The maximum atomic E-state index is 14.4. The van der Waals surface area contributed by atoms with E-state index in [4.69, 9.17) is 0 Å². The van der Waals surface area contributed by atoms with Crippen molar-refractivity contribution in [2.45, 2.75) is 6.92 Å². The van der Waals surface area contributed by atoms with Crippen LogP contribution in [-0.4, -0.2) is 11.8 Å². The van der Waals surface area contributed by atoms with E-state index in [-0.39, 0.29) is 17.0 Å². The number of nitrogens with one attached hydrogen (secondary N) is 1. The number of nitrogens with zero attached hydrogens (tertiary/aromatic N) is 1. The average molecular weight is 408 g/mol. The second-order valence-corrected chi connectivity index (χ2v) is 6.79. The molecule has 0 unspecified atom stereocenters. The van der Waals surface area contributed by atoms with Gasteiger partial charge in [0.2, 0.25) is 0 Å². The maximum absolute atomic E-state index is 14.4. The Morgan fingerprint density at radius 2 is 1.40 bits per heavy atom. The Morgan fingerprint density at radius 1 is 0.767 bits per heavy atom. The van der Waals surface area contributed by atoms with Crippen LogP contribution in [0.3, 0.4) is 0 Å². The van der Waals surface area contributed by atoms with Crippen molar-refractivity contribution in [3.8, 4) is 0 Å². The summed E-state index contributed by atoms with van der Waals surface area (Å²) in [5.74, 6) is -3.88. The van der Waals surface area contributed by atoms with Crippen LogP contribution in [-0.2, 0) is 9.59 Å². The first-order chi connectivity index (χ1) is 14.3. The lowest BCUT2D eigenvalue weighted by atomic mass is 10.0. The highest BCUT2D eigenvalue weighted by atomic mass is 19.1. The summed E-state index contributed by atoms with van der Waals surface area (Å²) in [6.07, 6.45) is 0. The summed E-state index contributed by atoms with van der Waals surface area (Å²) >= 11 is 0. The molecule has 0 bridgehead atoms. The molecule has 0 saturated carbocycles. The Bertz CT molecular complexity index is 1190. The van der Waals surface area contributed by atoms with Gasteiger partial charge in [-0.15, -0.1) is 0 Å². The van der Waals surface area contributed by atoms with Crippen molar-refractivity contribution in [2.75, 3.05) is 10.2 Å². The van der Waals surface area contributed by atoms with Gasteiger partial charge in [-0.2, -0.15) is 0 Å². The van der Waals surface area contributed by atoms with E-state index < -0.39 is 29.3 Å². The standard InChI is InChI=1S/C23H15F3N2O2/c1-13-2-4-14(5-3-13)20-21(27-17-9-6-15(24)7-10-17)23(30)28(22(20)29)19-11-8-16(25)12-18(19)26/h2-12,27H,1H3. The van der Waals surface area contributed by atoms with Crippen LogP contribution in [0.15, 0.2) is 72.4 Å². The third-order valence-corrected chi connectivity index (χ3v) is 4.69. The van der Waals surface area contributed by atoms with Gasteiger partial charge in [0.25, 0.3) is 11.8 Å². The molecule has 2 amide bonds. The number of amides is 2. The number of aryl methyl sites for hydroxylation is 1. The third kappa shape index (κ3) is 3.45. The van der Waals surface area contributed by atoms with E-state index in [9.17, 15) is 22.8 Å². The van der Waals surface area contributed by atoms with Crippen LogP contribution >= 0.6 is 0 Å². The largest absolute Gasteiger partial charge is 0.350 e. The molecule has 1 aliphatic heterocycles. The number of rotatable bonds is 4. The first kappa shape index (κ1) is 19.4. The molecule has 1 aliphatic rings. The summed E-state index contributed by atoms with van der Waals surface area (Å²) in [5, 5.41) is 2.85. The van der Waals surface area contributed by atoms with Gasteiger partial charge < -0.3 is 5.32 Å². The molecule has 4 nitrogen and oxygen atoms in total. The second-order valence-electron chi connectivity index (χ2n) is 6.79. The maximum Gasteiger partial charge on any atom is 0.282 e. The van der Waals surface area contributed by atoms with Crippen molar-refractivity contribution < 1.29 is 22.8 Å². The summed E-state index contributed by atoms with van der Waals surface area (Å²) in [4.78, 5) is 27.0. The van der Waals surface area contributed by atoms with E-state index in [1.807, 2.05) is 6.92 Å². The van der Waals surface area contributed by atoms with Crippen molar-refractivity contribution in [2.24, 2.45) is 0 Å². The lowest BCUT2D eigenvalue weighted by molar-refractivity contribution is -0.120. The molecule has 0 saturated heterocycles. The molecule has 150 valence electrons. The van der Waals surface area contributed by atoms with Crippen LogP contribution in [0.25, 0.3) is 5.57 Å². The number of carbonyl (C=O) groups is 2. The van der Waals surface area contributed by atoms with Crippen LogP contribution in [0.4, 0.5) is 24.5 Å². The number of imide groups is 1. The van der Waals surface area contributed by atoms with Crippen LogP contribution in [0.2, 0.25) is 0 Å². The van der Waals surface area contributed by atoms with E-state index in [2.05, 4.69) is 5.32 Å². The predicted octanol–water partition coefficient (Wildman–Crippen LogP) is 4.81. The molecule has 7 heteroatoms. The minimum Gasteiger partial charge on any atom is -0.350 e. The van der Waals surface area contributed by atoms with Crippen LogP contribution in [0.1, 0.15) is 11.1 Å². The summed E-state index contributed by atoms with van der Waals surface area (Å²) in [5.41, 5.74) is 1.37. The molecule has 0 aliphatic carbocycles. The van der Waals surface area contributed by atoms with Gasteiger partial charge >= 0.3 is 0 Å². The fourth-order valence-corrected chi connectivity index (χ4v) is 3.19. The zero-order valence-corrected chi connectivity index (χ0v) is 15.7. The minimum absolute atomic E-state index is 0.0352. The van der Waals surface area contributed by atoms with Crippen molar-refractivity contribution in [1.29, 1.82) is 0 Å². The molecule has 4 rings (SSSR count). The molecular weight excluding hydrogens is 393 g/mol. The second kappa shape index (κ2) is 7.51. The summed E-state index contributed by atoms with van der Waals surface area (Å²) in [6, 6.07) is 14.7. The lowest BCUT2D eigenvalue weighted by Crippen LogP contribution is -2.33. The Hall–Kier alpha value is -3.87. The number of halogens is 3. The molecule has 0 fully saturated rings. The van der Waals surface area contributed by atoms with Crippen LogP contribution < -0.4 is 10.2 Å². The van der Waals surface area contributed by atoms with Gasteiger partial charge in [0.15, 0.2) is 0 Å². The van der Waals surface area contributed by atoms with E-state index in [1.165, 1.54) is 24.3 Å². The topological polar surface area (TPSA) is 49.4 Å². The summed E-state index contributed by atoms with van der Waals surface area (Å²) < 4.78 is 40.9. The third-order valence-electron chi connectivity index (χ3n) is 4.69. The van der Waals surface area contributed by atoms with E-state index in [1.54, 1.807) is 24.3 Å². The van der Waals surface area contributed by atoms with Gasteiger partial charge in [-0.05, 0) is 48.9 Å². The van der Waals surface area contributed by atoms with Gasteiger partial charge in [-0.25, -0.2) is 18.1 Å². The molecule has 3 aromatic carbocycles. The lowest BCUT2D eigenvalue weighted by Gasteiger charge is -2.16. The Morgan fingerprint density at radius 3 is 2.03 bits per heavy atom. The van der Waals surface area contributed by atoms with Gasteiger partial charge in [0, 0.05) is 11.8 Å². The number of anilines is 2. The molecule has 0 aromatic heterocycles. The monoisotopic (exact) mass is 408 g/mol. The van der Waals surface area contributed by atoms with Crippen molar-refractivity contribution in [3.05, 3.63) is 101 Å². The molecule has 1 heterocycles. The fraction of sp³-hybridized carbons (Fsp3) is 0.0435. The molecule has 0 radical (unpaired) electrons. The first-order valence-electron chi connectivity index (χ1n) is 9.03. The first-order valence-corrected chi connectivity index (χ1v) is 9.03. The zero-order valence-electron chi connectivity index (χ0n) is 15.7. The fourth-order valence-electron chi connectivity index (χ4n) is 3.19. The van der Waals surface area contributed by atoms with Crippen LogP contribution in [0, 0.1) is 24.4 Å². The molecule has 3 aromatic rings. The molecule has 1 N–H and O–H groups in total. The average Bonchev–Trinajstić information content (AvgIpc) is 2.95.